The van der Waals surface area contributed by atoms with Crippen LogP contribution >= 0.6 is 0 Å². The molecular formula is C36H36O8. The molecule has 0 aliphatic heterocycles. The molecule has 0 spiro atoms. The fourth-order valence-corrected chi connectivity index (χ4v) is 5.86. The average Bonchev–Trinajstić information content (AvgIpc) is 3.38. The van der Waals surface area contributed by atoms with Gasteiger partial charge in [0.05, 0.1) is 40.8 Å². The van der Waals surface area contributed by atoms with E-state index in [0.717, 1.165) is 27.8 Å². The lowest BCUT2D eigenvalue weighted by atomic mass is 9.81. The van der Waals surface area contributed by atoms with Gasteiger partial charge in [-0.15, -0.1) is 0 Å². The van der Waals surface area contributed by atoms with Crippen LogP contribution < -0.4 is 18.9 Å². The van der Waals surface area contributed by atoms with Gasteiger partial charge in [-0.05, 0) is 52.1 Å². The summed E-state index contributed by atoms with van der Waals surface area (Å²) in [6, 6.07) is 29.1. The SMILES string of the molecule is COC(=O)C[C@@H]1c2cc(OC)c(OCc3ccccc3)cc2[C@@H](c2ccc(OCc3ccccc3)c(OC)c2)[C@@H]1C(=O)OC. The van der Waals surface area contributed by atoms with E-state index in [2.05, 4.69) is 0 Å². The Morgan fingerprint density at radius 2 is 1.18 bits per heavy atom. The molecule has 0 bridgehead atoms. The molecule has 0 amide bonds. The van der Waals surface area contributed by atoms with Crippen LogP contribution in [0.2, 0.25) is 0 Å². The van der Waals surface area contributed by atoms with Crippen molar-refractivity contribution in [3.8, 4) is 23.0 Å². The molecule has 1 aliphatic carbocycles. The average molecular weight is 597 g/mol. The lowest BCUT2D eigenvalue weighted by Crippen LogP contribution is -2.26. The number of rotatable bonds is 12. The van der Waals surface area contributed by atoms with E-state index in [-0.39, 0.29) is 6.42 Å². The quantitative estimate of drug-likeness (QED) is 0.173. The minimum Gasteiger partial charge on any atom is -0.493 e. The number of carbonyl (C=O) groups is 2. The molecular weight excluding hydrogens is 560 g/mol. The smallest absolute Gasteiger partial charge is 0.310 e. The van der Waals surface area contributed by atoms with Gasteiger partial charge in [0.1, 0.15) is 13.2 Å². The highest BCUT2D eigenvalue weighted by atomic mass is 16.5. The Balaban J connectivity index is 1.57. The molecule has 8 nitrogen and oxygen atoms in total. The number of hydrogen-bond donors (Lipinski definition) is 0. The number of benzene rings is 4. The Bertz CT molecular complexity index is 1590. The number of esters is 2. The Labute approximate surface area is 257 Å². The molecule has 228 valence electrons. The fourth-order valence-electron chi connectivity index (χ4n) is 5.86. The third-order valence-corrected chi connectivity index (χ3v) is 8.01. The zero-order chi connectivity index (χ0) is 31.1. The third-order valence-electron chi connectivity index (χ3n) is 8.01. The monoisotopic (exact) mass is 596 g/mol. The van der Waals surface area contributed by atoms with E-state index in [1.54, 1.807) is 14.2 Å². The number of fused-ring (bicyclic) bond motifs is 1. The summed E-state index contributed by atoms with van der Waals surface area (Å²) in [6.45, 7) is 0.699. The zero-order valence-corrected chi connectivity index (χ0v) is 25.3. The largest absolute Gasteiger partial charge is 0.493 e. The van der Waals surface area contributed by atoms with Crippen LogP contribution in [-0.2, 0) is 32.3 Å². The summed E-state index contributed by atoms with van der Waals surface area (Å²) >= 11 is 0. The lowest BCUT2D eigenvalue weighted by Gasteiger charge is -2.24. The minimum absolute atomic E-state index is 0.0114. The van der Waals surface area contributed by atoms with Gasteiger partial charge in [0.25, 0.3) is 0 Å². The van der Waals surface area contributed by atoms with Gasteiger partial charge in [-0.25, -0.2) is 0 Å². The van der Waals surface area contributed by atoms with Gasteiger partial charge in [-0.1, -0.05) is 66.7 Å². The van der Waals surface area contributed by atoms with Crippen LogP contribution in [0.5, 0.6) is 23.0 Å². The molecule has 3 atom stereocenters. The Morgan fingerprint density at radius 1 is 0.614 bits per heavy atom. The van der Waals surface area contributed by atoms with E-state index in [0.29, 0.717) is 36.2 Å². The van der Waals surface area contributed by atoms with Crippen molar-refractivity contribution in [2.24, 2.45) is 5.92 Å². The molecule has 0 N–H and O–H groups in total. The summed E-state index contributed by atoms with van der Waals surface area (Å²) in [6.07, 6.45) is -0.0114. The van der Waals surface area contributed by atoms with Crippen molar-refractivity contribution in [2.75, 3.05) is 28.4 Å². The number of ether oxygens (including phenoxy) is 6. The molecule has 0 saturated carbocycles. The number of carbonyl (C=O) groups excluding carboxylic acids is 2. The van der Waals surface area contributed by atoms with Crippen LogP contribution in [0.15, 0.2) is 91.0 Å². The maximum atomic E-state index is 13.5. The minimum atomic E-state index is -0.719. The van der Waals surface area contributed by atoms with Crippen molar-refractivity contribution in [2.45, 2.75) is 31.5 Å². The highest BCUT2D eigenvalue weighted by Gasteiger charge is 2.48. The van der Waals surface area contributed by atoms with Crippen molar-refractivity contribution in [3.05, 3.63) is 119 Å². The van der Waals surface area contributed by atoms with E-state index in [4.69, 9.17) is 28.4 Å². The summed E-state index contributed by atoms with van der Waals surface area (Å²) in [5.74, 6) is -0.464. The number of methoxy groups -OCH3 is 4. The molecule has 44 heavy (non-hydrogen) atoms. The molecule has 0 aromatic heterocycles. The first kappa shape index (κ1) is 30.5. The summed E-state index contributed by atoms with van der Waals surface area (Å²) in [7, 11) is 5.83. The first-order valence-electron chi connectivity index (χ1n) is 14.3. The van der Waals surface area contributed by atoms with Crippen molar-refractivity contribution in [1.82, 2.24) is 0 Å². The molecule has 4 aromatic rings. The summed E-state index contributed by atoms with van der Waals surface area (Å²) < 4.78 is 34.1. The Kier molecular flexibility index (Phi) is 9.69. The first-order valence-corrected chi connectivity index (χ1v) is 14.3. The van der Waals surface area contributed by atoms with Crippen LogP contribution in [0.3, 0.4) is 0 Å². The molecule has 5 rings (SSSR count). The highest BCUT2D eigenvalue weighted by molar-refractivity contribution is 5.81. The highest BCUT2D eigenvalue weighted by Crippen LogP contribution is 2.55. The van der Waals surface area contributed by atoms with Gasteiger partial charge >= 0.3 is 11.9 Å². The van der Waals surface area contributed by atoms with Crippen molar-refractivity contribution >= 4 is 11.9 Å². The van der Waals surface area contributed by atoms with Gasteiger partial charge in [0.2, 0.25) is 0 Å². The molecule has 1 aliphatic rings. The summed E-state index contributed by atoms with van der Waals surface area (Å²) in [5, 5.41) is 0. The van der Waals surface area contributed by atoms with Gasteiger partial charge in [-0.3, -0.25) is 9.59 Å². The van der Waals surface area contributed by atoms with E-state index < -0.39 is 29.7 Å². The van der Waals surface area contributed by atoms with E-state index in [1.165, 1.54) is 14.2 Å². The van der Waals surface area contributed by atoms with Gasteiger partial charge < -0.3 is 28.4 Å². The van der Waals surface area contributed by atoms with Crippen LogP contribution in [0, 0.1) is 5.92 Å². The maximum absolute atomic E-state index is 13.5. The third kappa shape index (κ3) is 6.49. The Hall–Kier alpha value is -4.98. The lowest BCUT2D eigenvalue weighted by molar-refractivity contribution is -0.147. The van der Waals surface area contributed by atoms with E-state index in [9.17, 15) is 9.59 Å². The Morgan fingerprint density at radius 3 is 1.75 bits per heavy atom. The van der Waals surface area contributed by atoms with Crippen molar-refractivity contribution in [1.29, 1.82) is 0 Å². The molecule has 0 fully saturated rings. The summed E-state index contributed by atoms with van der Waals surface area (Å²) in [4.78, 5) is 26.1. The maximum Gasteiger partial charge on any atom is 0.310 e. The zero-order valence-electron chi connectivity index (χ0n) is 25.3. The summed E-state index contributed by atoms with van der Waals surface area (Å²) in [5.41, 5.74) is 4.45. The van der Waals surface area contributed by atoms with Gasteiger partial charge in [0, 0.05) is 11.8 Å². The standard InChI is InChI=1S/C36H36O8/c1-39-30-17-25(15-16-29(30)43-21-23-11-7-5-8-12-23)34-27-19-32(44-22-24-13-9-6-10-14-24)31(40-2)18-26(27)28(20-33(37)41-3)35(34)36(38)42-4/h5-19,28,34-35H,20-22H2,1-4H3/t28-,34-,35-/m1/s1. The predicted molar refractivity (Wildman–Crippen MR) is 164 cm³/mol. The van der Waals surface area contributed by atoms with Crippen molar-refractivity contribution in [3.63, 3.8) is 0 Å². The predicted octanol–water partition coefficient (Wildman–Crippen LogP) is 6.44. The van der Waals surface area contributed by atoms with Crippen LogP contribution in [0.1, 0.15) is 46.1 Å². The molecule has 0 radical (unpaired) electrons. The van der Waals surface area contributed by atoms with Gasteiger partial charge in [-0.2, -0.15) is 0 Å². The van der Waals surface area contributed by atoms with Crippen molar-refractivity contribution < 1.29 is 38.0 Å². The van der Waals surface area contributed by atoms with Gasteiger partial charge in [0.15, 0.2) is 23.0 Å². The second-order valence-electron chi connectivity index (χ2n) is 10.5. The first-order chi connectivity index (χ1) is 21.5. The van der Waals surface area contributed by atoms with Crippen LogP contribution in [0.4, 0.5) is 0 Å². The molecule has 4 aromatic carbocycles. The van der Waals surface area contributed by atoms with Crippen LogP contribution in [0.25, 0.3) is 0 Å². The molecule has 0 unspecified atom stereocenters. The second kappa shape index (κ2) is 14.0. The number of hydrogen-bond acceptors (Lipinski definition) is 8. The van der Waals surface area contributed by atoms with E-state index >= 15 is 0 Å². The normalized spacial score (nSPS) is 16.9. The molecule has 8 heteroatoms. The molecule has 0 saturated heterocycles. The fraction of sp³-hybridized carbons (Fsp3) is 0.278. The topological polar surface area (TPSA) is 89.5 Å². The van der Waals surface area contributed by atoms with E-state index in [1.807, 2.05) is 91.0 Å². The molecule has 0 heterocycles. The van der Waals surface area contributed by atoms with Crippen LogP contribution in [-0.4, -0.2) is 40.4 Å². The second-order valence-corrected chi connectivity index (χ2v) is 10.5.